The fourth-order valence-electron chi connectivity index (χ4n) is 1.59. The summed E-state index contributed by atoms with van der Waals surface area (Å²) in [6, 6.07) is 1.89. The Morgan fingerprint density at radius 1 is 1.80 bits per heavy atom. The normalized spacial score (nSPS) is 24.5. The Bertz CT molecular complexity index is 355. The maximum atomic E-state index is 11.5. The van der Waals surface area contributed by atoms with Crippen molar-refractivity contribution in [3.8, 4) is 6.07 Å². The zero-order chi connectivity index (χ0) is 11.5. The van der Waals surface area contributed by atoms with Gasteiger partial charge in [-0.3, -0.25) is 9.59 Å². The Balaban J connectivity index is 2.97. The van der Waals surface area contributed by atoms with Gasteiger partial charge in [0.25, 0.3) is 0 Å². The zero-order valence-electron chi connectivity index (χ0n) is 8.41. The molecular formula is C10H11NO4. The van der Waals surface area contributed by atoms with E-state index in [9.17, 15) is 9.59 Å². The molecule has 1 heterocycles. The van der Waals surface area contributed by atoms with Crippen molar-refractivity contribution in [3.63, 3.8) is 0 Å². The molecule has 0 saturated carbocycles. The molecule has 5 nitrogen and oxygen atoms in total. The molecule has 0 aliphatic carbocycles. The summed E-state index contributed by atoms with van der Waals surface area (Å²) in [7, 11) is 1.20. The standard InChI is InChI=1S/C10H11NO4/c1-7-6-10(4-3-5-11,8(12)14-2)9(13)15-7/h1,3-4,6H2,2H3. The summed E-state index contributed by atoms with van der Waals surface area (Å²) in [4.78, 5) is 23.0. The number of methoxy groups -OCH3 is 1. The first-order chi connectivity index (χ1) is 7.06. The van der Waals surface area contributed by atoms with E-state index in [1.165, 1.54) is 7.11 Å². The lowest BCUT2D eigenvalue weighted by Gasteiger charge is -2.19. The van der Waals surface area contributed by atoms with Crippen molar-refractivity contribution in [1.29, 1.82) is 5.26 Å². The van der Waals surface area contributed by atoms with Crippen LogP contribution in [0.5, 0.6) is 0 Å². The van der Waals surface area contributed by atoms with Crippen LogP contribution in [0.4, 0.5) is 0 Å². The highest BCUT2D eigenvalue weighted by Gasteiger charge is 2.53. The smallest absolute Gasteiger partial charge is 0.329 e. The van der Waals surface area contributed by atoms with E-state index in [-0.39, 0.29) is 25.0 Å². The molecule has 0 amide bonds. The molecule has 0 spiro atoms. The van der Waals surface area contributed by atoms with E-state index < -0.39 is 17.4 Å². The molecule has 1 unspecified atom stereocenters. The molecule has 15 heavy (non-hydrogen) atoms. The van der Waals surface area contributed by atoms with Crippen molar-refractivity contribution < 1.29 is 19.1 Å². The van der Waals surface area contributed by atoms with Crippen LogP contribution in [-0.2, 0) is 19.1 Å². The molecule has 80 valence electrons. The molecule has 1 aliphatic heterocycles. The summed E-state index contributed by atoms with van der Waals surface area (Å²) >= 11 is 0. The number of nitrogens with zero attached hydrogens (tertiary/aromatic N) is 1. The molecule has 5 heteroatoms. The minimum Gasteiger partial charge on any atom is -0.468 e. The van der Waals surface area contributed by atoms with Gasteiger partial charge in [-0.25, -0.2) is 0 Å². The third kappa shape index (κ3) is 1.84. The molecular weight excluding hydrogens is 198 g/mol. The molecule has 0 aromatic carbocycles. The van der Waals surface area contributed by atoms with Crippen molar-refractivity contribution in [3.05, 3.63) is 12.3 Å². The van der Waals surface area contributed by atoms with E-state index in [1.807, 2.05) is 6.07 Å². The number of nitriles is 1. The van der Waals surface area contributed by atoms with Gasteiger partial charge in [0.1, 0.15) is 5.76 Å². The minimum atomic E-state index is -1.36. The van der Waals surface area contributed by atoms with Gasteiger partial charge in [0.15, 0.2) is 5.41 Å². The first kappa shape index (κ1) is 11.2. The predicted molar refractivity (Wildman–Crippen MR) is 49.1 cm³/mol. The fourth-order valence-corrected chi connectivity index (χ4v) is 1.59. The van der Waals surface area contributed by atoms with Crippen LogP contribution >= 0.6 is 0 Å². The maximum Gasteiger partial charge on any atom is 0.329 e. The van der Waals surface area contributed by atoms with Crippen molar-refractivity contribution >= 4 is 11.9 Å². The average molecular weight is 209 g/mol. The lowest BCUT2D eigenvalue weighted by molar-refractivity contribution is -0.162. The maximum absolute atomic E-state index is 11.5. The van der Waals surface area contributed by atoms with E-state index >= 15 is 0 Å². The van der Waals surface area contributed by atoms with Gasteiger partial charge < -0.3 is 9.47 Å². The number of hydrogen-bond donors (Lipinski definition) is 0. The van der Waals surface area contributed by atoms with Crippen LogP contribution in [0.1, 0.15) is 19.3 Å². The Hall–Kier alpha value is -1.83. The fraction of sp³-hybridized carbons (Fsp3) is 0.500. The molecule has 0 N–H and O–H groups in total. The minimum absolute atomic E-state index is 0.0947. The van der Waals surface area contributed by atoms with E-state index in [0.29, 0.717) is 0 Å². The van der Waals surface area contributed by atoms with E-state index in [4.69, 9.17) is 10.00 Å². The topological polar surface area (TPSA) is 76.4 Å². The highest BCUT2D eigenvalue weighted by atomic mass is 16.6. The summed E-state index contributed by atoms with van der Waals surface area (Å²) in [5.41, 5.74) is -1.36. The van der Waals surface area contributed by atoms with Crippen LogP contribution in [-0.4, -0.2) is 19.0 Å². The molecule has 0 radical (unpaired) electrons. The molecule has 0 aromatic rings. The van der Waals surface area contributed by atoms with Gasteiger partial charge in [0, 0.05) is 12.8 Å². The van der Waals surface area contributed by atoms with Gasteiger partial charge >= 0.3 is 11.9 Å². The second-order valence-corrected chi connectivity index (χ2v) is 3.34. The number of esters is 2. The number of rotatable bonds is 3. The third-order valence-electron chi connectivity index (χ3n) is 2.37. The Morgan fingerprint density at radius 2 is 2.47 bits per heavy atom. The van der Waals surface area contributed by atoms with Crippen LogP contribution in [0.15, 0.2) is 12.3 Å². The summed E-state index contributed by atoms with van der Waals surface area (Å²) < 4.78 is 9.32. The predicted octanol–water partition coefficient (Wildman–Crippen LogP) is 0.910. The summed E-state index contributed by atoms with van der Waals surface area (Å²) in [6.45, 7) is 3.49. The Morgan fingerprint density at radius 3 is 2.87 bits per heavy atom. The van der Waals surface area contributed by atoms with Crippen LogP contribution in [0.25, 0.3) is 0 Å². The van der Waals surface area contributed by atoms with Gasteiger partial charge in [-0.1, -0.05) is 6.58 Å². The molecule has 1 saturated heterocycles. The average Bonchev–Trinajstić information content (AvgIpc) is 2.50. The van der Waals surface area contributed by atoms with Crippen LogP contribution < -0.4 is 0 Å². The second-order valence-electron chi connectivity index (χ2n) is 3.34. The molecule has 1 fully saturated rings. The Kier molecular flexibility index (Phi) is 3.10. The summed E-state index contributed by atoms with van der Waals surface area (Å²) in [5.74, 6) is -1.10. The Labute approximate surface area is 87.3 Å². The number of carbonyl (C=O) groups excluding carboxylic acids is 2. The summed E-state index contributed by atoms with van der Waals surface area (Å²) in [5, 5.41) is 8.47. The number of carbonyl (C=O) groups is 2. The van der Waals surface area contributed by atoms with Crippen LogP contribution in [0, 0.1) is 16.7 Å². The van der Waals surface area contributed by atoms with Crippen LogP contribution in [0.3, 0.4) is 0 Å². The zero-order valence-corrected chi connectivity index (χ0v) is 8.41. The first-order valence-electron chi connectivity index (χ1n) is 4.42. The number of cyclic esters (lactones) is 1. The van der Waals surface area contributed by atoms with Gasteiger partial charge in [-0.2, -0.15) is 5.26 Å². The third-order valence-corrected chi connectivity index (χ3v) is 2.37. The highest BCUT2D eigenvalue weighted by Crippen LogP contribution is 2.40. The van der Waals surface area contributed by atoms with Crippen molar-refractivity contribution in [2.75, 3.05) is 7.11 Å². The quantitative estimate of drug-likeness (QED) is 0.510. The van der Waals surface area contributed by atoms with Crippen molar-refractivity contribution in [2.45, 2.75) is 19.3 Å². The van der Waals surface area contributed by atoms with Gasteiger partial charge in [-0.05, 0) is 6.42 Å². The number of allylic oxidation sites excluding steroid dienone is 1. The monoisotopic (exact) mass is 209 g/mol. The van der Waals surface area contributed by atoms with Gasteiger partial charge in [-0.15, -0.1) is 0 Å². The largest absolute Gasteiger partial charge is 0.468 e. The van der Waals surface area contributed by atoms with E-state index in [1.54, 1.807) is 0 Å². The second kappa shape index (κ2) is 4.13. The number of ether oxygens (including phenoxy) is 2. The van der Waals surface area contributed by atoms with E-state index in [0.717, 1.165) is 0 Å². The van der Waals surface area contributed by atoms with Crippen molar-refractivity contribution in [1.82, 2.24) is 0 Å². The van der Waals surface area contributed by atoms with E-state index in [2.05, 4.69) is 11.3 Å². The summed E-state index contributed by atoms with van der Waals surface area (Å²) in [6.07, 6.45) is 0.297. The lowest BCUT2D eigenvalue weighted by Crippen LogP contribution is -2.36. The van der Waals surface area contributed by atoms with Gasteiger partial charge in [0.2, 0.25) is 0 Å². The SMILES string of the molecule is C=C1CC(CCC#N)(C(=O)OC)C(=O)O1. The highest BCUT2D eigenvalue weighted by molar-refractivity contribution is 6.02. The van der Waals surface area contributed by atoms with Gasteiger partial charge in [0.05, 0.1) is 13.2 Å². The molecule has 0 aromatic heterocycles. The molecule has 0 bridgehead atoms. The van der Waals surface area contributed by atoms with Crippen LogP contribution in [0.2, 0.25) is 0 Å². The molecule has 1 aliphatic rings. The van der Waals surface area contributed by atoms with Crippen molar-refractivity contribution in [2.24, 2.45) is 5.41 Å². The molecule has 1 rings (SSSR count). The lowest BCUT2D eigenvalue weighted by atomic mass is 9.81. The number of hydrogen-bond acceptors (Lipinski definition) is 5. The molecule has 1 atom stereocenters. The first-order valence-corrected chi connectivity index (χ1v) is 4.42.